The first kappa shape index (κ1) is 16.6. The largest absolute Gasteiger partial charge is 0.326 e. The van der Waals surface area contributed by atoms with Crippen LogP contribution in [0.5, 0.6) is 0 Å². The van der Waals surface area contributed by atoms with Crippen molar-refractivity contribution in [1.82, 2.24) is 4.72 Å². The number of aryl methyl sites for hydroxylation is 1. The van der Waals surface area contributed by atoms with Gasteiger partial charge in [0.1, 0.15) is 5.82 Å². The molecule has 2 aromatic carbocycles. The van der Waals surface area contributed by atoms with E-state index in [-0.39, 0.29) is 16.6 Å². The molecule has 0 heterocycles. The Bertz CT molecular complexity index is 879. The van der Waals surface area contributed by atoms with Crippen molar-refractivity contribution < 1.29 is 17.6 Å². The lowest BCUT2D eigenvalue weighted by molar-refractivity contribution is -0.114. The first-order valence-corrected chi connectivity index (χ1v) is 9.02. The van der Waals surface area contributed by atoms with Crippen molar-refractivity contribution in [1.29, 1.82) is 0 Å². The Balaban J connectivity index is 1.80. The number of sulfonamides is 1. The number of carbonyl (C=O) groups is 1. The number of amides is 1. The zero-order valence-corrected chi connectivity index (χ0v) is 13.9. The highest BCUT2D eigenvalue weighted by atomic mass is 32.2. The van der Waals surface area contributed by atoms with Crippen molar-refractivity contribution in [3.63, 3.8) is 0 Å². The minimum atomic E-state index is -3.73. The zero-order valence-electron chi connectivity index (χ0n) is 13.0. The van der Waals surface area contributed by atoms with Crippen LogP contribution in [0.4, 0.5) is 10.1 Å². The van der Waals surface area contributed by atoms with E-state index in [1.165, 1.54) is 43.3 Å². The van der Waals surface area contributed by atoms with Gasteiger partial charge in [-0.2, -0.15) is 0 Å². The van der Waals surface area contributed by atoms with Gasteiger partial charge in [0, 0.05) is 18.7 Å². The summed E-state index contributed by atoms with van der Waals surface area (Å²) < 4.78 is 41.1. The van der Waals surface area contributed by atoms with Crippen LogP contribution in [0.1, 0.15) is 30.5 Å². The highest BCUT2D eigenvalue weighted by molar-refractivity contribution is 7.89. The predicted octanol–water partition coefficient (Wildman–Crippen LogP) is 2.75. The van der Waals surface area contributed by atoms with Crippen molar-refractivity contribution in [3.05, 3.63) is 59.4 Å². The first-order chi connectivity index (χ1) is 11.3. The van der Waals surface area contributed by atoms with Gasteiger partial charge < -0.3 is 5.32 Å². The van der Waals surface area contributed by atoms with Crippen LogP contribution in [-0.4, -0.2) is 14.3 Å². The number of carbonyl (C=O) groups excluding carboxylic acids is 1. The number of hydrogen-bond acceptors (Lipinski definition) is 3. The lowest BCUT2D eigenvalue weighted by atomic mass is 10.1. The number of halogens is 1. The maximum atomic E-state index is 13.4. The summed E-state index contributed by atoms with van der Waals surface area (Å²) in [6.45, 7) is 1.38. The molecular weight excluding hydrogens is 331 g/mol. The molecule has 7 heteroatoms. The standard InChI is InChI=1S/C17H17FN2O3S/c1-11(21)19-14-5-7-15(8-6-14)24(22,23)20-17-9-3-12-2-4-13(18)10-16(12)17/h2,4-8,10,17,20H,3,9H2,1H3,(H,19,21)/t17-/m0/s1. The number of benzene rings is 2. The van der Waals surface area contributed by atoms with Crippen LogP contribution in [0.3, 0.4) is 0 Å². The second-order valence-electron chi connectivity index (χ2n) is 5.76. The summed E-state index contributed by atoms with van der Waals surface area (Å²) in [6, 6.07) is 9.93. The summed E-state index contributed by atoms with van der Waals surface area (Å²) in [7, 11) is -3.73. The van der Waals surface area contributed by atoms with Crippen molar-refractivity contribution >= 4 is 21.6 Å². The molecular formula is C17H17FN2O3S. The maximum Gasteiger partial charge on any atom is 0.241 e. The Morgan fingerprint density at radius 1 is 1.17 bits per heavy atom. The Morgan fingerprint density at radius 2 is 1.88 bits per heavy atom. The Labute approximate surface area is 139 Å². The molecule has 3 rings (SSSR count). The predicted molar refractivity (Wildman–Crippen MR) is 88.5 cm³/mol. The highest BCUT2D eigenvalue weighted by Crippen LogP contribution is 2.32. The lowest BCUT2D eigenvalue weighted by Gasteiger charge is -2.15. The van der Waals surface area contributed by atoms with E-state index in [2.05, 4.69) is 10.0 Å². The van der Waals surface area contributed by atoms with Crippen LogP contribution in [0.15, 0.2) is 47.4 Å². The molecule has 0 saturated carbocycles. The summed E-state index contributed by atoms with van der Waals surface area (Å²) >= 11 is 0. The second-order valence-corrected chi connectivity index (χ2v) is 7.48. The van der Waals surface area contributed by atoms with Gasteiger partial charge in [-0.15, -0.1) is 0 Å². The minimum absolute atomic E-state index is 0.0986. The molecule has 5 nitrogen and oxygen atoms in total. The molecule has 1 aliphatic rings. The van der Waals surface area contributed by atoms with Crippen LogP contribution in [0.25, 0.3) is 0 Å². The van der Waals surface area contributed by atoms with Crippen LogP contribution in [0, 0.1) is 5.82 Å². The molecule has 2 N–H and O–H groups in total. The monoisotopic (exact) mass is 348 g/mol. The van der Waals surface area contributed by atoms with Crippen molar-refractivity contribution in [3.8, 4) is 0 Å². The van der Waals surface area contributed by atoms with Gasteiger partial charge in [-0.05, 0) is 60.4 Å². The number of rotatable bonds is 4. The number of anilines is 1. The zero-order chi connectivity index (χ0) is 17.3. The summed E-state index contributed by atoms with van der Waals surface area (Å²) in [6.07, 6.45) is 1.31. The van der Waals surface area contributed by atoms with Crippen LogP contribution >= 0.6 is 0 Å². The molecule has 1 aliphatic carbocycles. The lowest BCUT2D eigenvalue weighted by Crippen LogP contribution is -2.27. The number of fused-ring (bicyclic) bond motifs is 1. The topological polar surface area (TPSA) is 75.3 Å². The summed E-state index contributed by atoms with van der Waals surface area (Å²) in [5.74, 6) is -0.604. The van der Waals surface area contributed by atoms with E-state index >= 15 is 0 Å². The fourth-order valence-corrected chi connectivity index (χ4v) is 4.12. The molecule has 0 saturated heterocycles. The van der Waals surface area contributed by atoms with Crippen molar-refractivity contribution in [2.24, 2.45) is 0 Å². The van der Waals surface area contributed by atoms with E-state index in [9.17, 15) is 17.6 Å². The number of hydrogen-bond donors (Lipinski definition) is 2. The number of nitrogens with one attached hydrogen (secondary N) is 2. The van der Waals surface area contributed by atoms with E-state index in [1.54, 1.807) is 6.07 Å². The SMILES string of the molecule is CC(=O)Nc1ccc(S(=O)(=O)N[C@H]2CCc3ccc(F)cc32)cc1. The summed E-state index contributed by atoms with van der Waals surface area (Å²) in [5.41, 5.74) is 2.17. The van der Waals surface area contributed by atoms with Gasteiger partial charge in [-0.3, -0.25) is 4.79 Å². The molecule has 0 radical (unpaired) electrons. The van der Waals surface area contributed by atoms with E-state index in [0.29, 0.717) is 24.1 Å². The van der Waals surface area contributed by atoms with Gasteiger partial charge in [-0.1, -0.05) is 6.07 Å². The van der Waals surface area contributed by atoms with E-state index in [1.807, 2.05) is 0 Å². The molecule has 126 valence electrons. The molecule has 1 atom stereocenters. The van der Waals surface area contributed by atoms with Crippen molar-refractivity contribution in [2.75, 3.05) is 5.32 Å². The molecule has 0 fully saturated rings. The second kappa shape index (κ2) is 6.33. The average Bonchev–Trinajstić information content (AvgIpc) is 2.89. The highest BCUT2D eigenvalue weighted by Gasteiger charge is 2.27. The van der Waals surface area contributed by atoms with E-state index in [0.717, 1.165) is 5.56 Å². The van der Waals surface area contributed by atoms with E-state index < -0.39 is 16.1 Å². The van der Waals surface area contributed by atoms with Gasteiger partial charge in [0.05, 0.1) is 4.90 Å². The Morgan fingerprint density at radius 3 is 2.54 bits per heavy atom. The van der Waals surface area contributed by atoms with Gasteiger partial charge in [-0.25, -0.2) is 17.5 Å². The molecule has 24 heavy (non-hydrogen) atoms. The smallest absolute Gasteiger partial charge is 0.241 e. The molecule has 0 aliphatic heterocycles. The molecule has 0 spiro atoms. The maximum absolute atomic E-state index is 13.4. The quantitative estimate of drug-likeness (QED) is 0.892. The third kappa shape index (κ3) is 3.47. The van der Waals surface area contributed by atoms with Gasteiger partial charge in [0.25, 0.3) is 0 Å². The third-order valence-electron chi connectivity index (χ3n) is 3.97. The average molecular weight is 348 g/mol. The van der Waals surface area contributed by atoms with Crippen LogP contribution in [0.2, 0.25) is 0 Å². The van der Waals surface area contributed by atoms with Crippen LogP contribution in [-0.2, 0) is 21.2 Å². The van der Waals surface area contributed by atoms with Gasteiger partial charge in [0.2, 0.25) is 15.9 Å². The fourth-order valence-electron chi connectivity index (χ4n) is 2.87. The van der Waals surface area contributed by atoms with Gasteiger partial charge in [0.15, 0.2) is 0 Å². The normalized spacial score (nSPS) is 16.7. The summed E-state index contributed by atoms with van der Waals surface area (Å²) in [5, 5.41) is 2.58. The fraction of sp³-hybridized carbons (Fsp3) is 0.235. The van der Waals surface area contributed by atoms with E-state index in [4.69, 9.17) is 0 Å². The Hall–Kier alpha value is -2.25. The van der Waals surface area contributed by atoms with Crippen LogP contribution < -0.4 is 10.0 Å². The Kier molecular flexibility index (Phi) is 4.38. The minimum Gasteiger partial charge on any atom is -0.326 e. The molecule has 1 amide bonds. The first-order valence-electron chi connectivity index (χ1n) is 7.53. The molecule has 2 aromatic rings. The summed E-state index contributed by atoms with van der Waals surface area (Å²) in [4.78, 5) is 11.1. The molecule has 0 aromatic heterocycles. The van der Waals surface area contributed by atoms with Crippen molar-refractivity contribution in [2.45, 2.75) is 30.7 Å². The van der Waals surface area contributed by atoms with Gasteiger partial charge >= 0.3 is 0 Å². The molecule has 0 bridgehead atoms. The third-order valence-corrected chi connectivity index (χ3v) is 5.46. The molecule has 0 unspecified atom stereocenters.